The molecule has 0 heterocycles. The molecule has 0 amide bonds. The van der Waals surface area contributed by atoms with Gasteiger partial charge in [0.15, 0.2) is 0 Å². The van der Waals surface area contributed by atoms with Gasteiger partial charge in [-0.05, 0) is 13.0 Å². The van der Waals surface area contributed by atoms with Crippen molar-refractivity contribution in [2.75, 3.05) is 10.5 Å². The predicted octanol–water partition coefficient (Wildman–Crippen LogP) is 3.29. The van der Waals surface area contributed by atoms with Gasteiger partial charge in [-0.3, -0.25) is 10.1 Å². The minimum atomic E-state index is -0.412. The molecule has 15 heavy (non-hydrogen) atoms. The molecule has 0 saturated carbocycles. The van der Waals surface area contributed by atoms with Crippen LogP contribution in [0.3, 0.4) is 0 Å². The van der Waals surface area contributed by atoms with Gasteiger partial charge in [0.05, 0.1) is 17.2 Å². The van der Waals surface area contributed by atoms with Gasteiger partial charge in [0.25, 0.3) is 5.69 Å². The molecule has 0 aliphatic rings. The number of hydrogen-bond donors (Lipinski definition) is 0. The van der Waals surface area contributed by atoms with Crippen LogP contribution in [0.5, 0.6) is 0 Å². The molecule has 1 aromatic rings. The van der Waals surface area contributed by atoms with E-state index >= 15 is 0 Å². The largest absolute Gasteiger partial charge is 0.305 e. The fraction of sp³-hybridized carbons (Fsp3) is 0.200. The number of rotatable bonds is 4. The standard InChI is InChI=1S/C10H11BrN2O2/c1-8(2)7-12(11)9-4-3-5-10(6-9)13(14)15/h3-6H,1,7H2,2H3. The minimum absolute atomic E-state index is 0.0821. The van der Waals surface area contributed by atoms with Crippen LogP contribution in [0.15, 0.2) is 36.4 Å². The Labute approximate surface area is 96.7 Å². The topological polar surface area (TPSA) is 46.4 Å². The van der Waals surface area contributed by atoms with Crippen molar-refractivity contribution in [3.8, 4) is 0 Å². The Morgan fingerprint density at radius 2 is 2.33 bits per heavy atom. The minimum Gasteiger partial charge on any atom is -0.305 e. The average molecular weight is 271 g/mol. The van der Waals surface area contributed by atoms with Gasteiger partial charge in [0, 0.05) is 28.3 Å². The Morgan fingerprint density at radius 1 is 1.67 bits per heavy atom. The van der Waals surface area contributed by atoms with Gasteiger partial charge in [-0.1, -0.05) is 18.2 Å². The second kappa shape index (κ2) is 4.93. The number of nitrogens with zero attached hydrogens (tertiary/aromatic N) is 2. The maximum Gasteiger partial charge on any atom is 0.271 e. The molecule has 80 valence electrons. The quantitative estimate of drug-likeness (QED) is 0.365. The van der Waals surface area contributed by atoms with Gasteiger partial charge >= 0.3 is 0 Å². The van der Waals surface area contributed by atoms with E-state index in [1.54, 1.807) is 16.1 Å². The van der Waals surface area contributed by atoms with Gasteiger partial charge in [-0.25, -0.2) is 0 Å². The lowest BCUT2D eigenvalue weighted by atomic mass is 10.2. The van der Waals surface area contributed by atoms with E-state index in [1.165, 1.54) is 12.1 Å². The van der Waals surface area contributed by atoms with Crippen molar-refractivity contribution in [1.29, 1.82) is 0 Å². The summed E-state index contributed by atoms with van der Waals surface area (Å²) in [6, 6.07) is 6.42. The number of benzene rings is 1. The van der Waals surface area contributed by atoms with E-state index in [0.29, 0.717) is 6.54 Å². The summed E-state index contributed by atoms with van der Waals surface area (Å²) in [5.41, 5.74) is 1.80. The highest BCUT2D eigenvalue weighted by Crippen LogP contribution is 2.23. The Hall–Kier alpha value is -1.36. The number of nitro groups is 1. The summed E-state index contributed by atoms with van der Waals surface area (Å²) >= 11 is 3.32. The molecular weight excluding hydrogens is 260 g/mol. The molecule has 0 saturated heterocycles. The van der Waals surface area contributed by atoms with Crippen LogP contribution in [0.4, 0.5) is 11.4 Å². The van der Waals surface area contributed by atoms with Gasteiger partial charge in [-0.15, -0.1) is 0 Å². The first-order valence-corrected chi connectivity index (χ1v) is 5.04. The van der Waals surface area contributed by atoms with Crippen LogP contribution in [0.25, 0.3) is 0 Å². The van der Waals surface area contributed by atoms with Crippen molar-refractivity contribution in [1.82, 2.24) is 0 Å². The van der Waals surface area contributed by atoms with Crippen molar-refractivity contribution < 1.29 is 4.92 Å². The zero-order chi connectivity index (χ0) is 11.4. The molecule has 0 radical (unpaired) electrons. The fourth-order valence-electron chi connectivity index (χ4n) is 1.09. The van der Waals surface area contributed by atoms with E-state index in [4.69, 9.17) is 0 Å². The monoisotopic (exact) mass is 270 g/mol. The lowest BCUT2D eigenvalue weighted by molar-refractivity contribution is -0.384. The lowest BCUT2D eigenvalue weighted by Crippen LogP contribution is -2.11. The van der Waals surface area contributed by atoms with Crippen LogP contribution in [0.2, 0.25) is 0 Å². The highest BCUT2D eigenvalue weighted by atomic mass is 79.9. The number of anilines is 1. The van der Waals surface area contributed by atoms with Crippen molar-refractivity contribution in [3.05, 3.63) is 46.5 Å². The van der Waals surface area contributed by atoms with Crippen molar-refractivity contribution in [2.24, 2.45) is 0 Å². The zero-order valence-corrected chi connectivity index (χ0v) is 9.90. The summed E-state index contributed by atoms with van der Waals surface area (Å²) in [5.74, 6) is 0. The highest BCUT2D eigenvalue weighted by molar-refractivity contribution is 9.10. The molecule has 0 aliphatic carbocycles. The van der Waals surface area contributed by atoms with Crippen LogP contribution >= 0.6 is 16.1 Å². The van der Waals surface area contributed by atoms with Gasteiger partial charge in [-0.2, -0.15) is 0 Å². The zero-order valence-electron chi connectivity index (χ0n) is 8.31. The summed E-state index contributed by atoms with van der Waals surface area (Å²) in [6.45, 7) is 6.28. The maximum atomic E-state index is 10.6. The highest BCUT2D eigenvalue weighted by Gasteiger charge is 2.09. The summed E-state index contributed by atoms with van der Waals surface area (Å²) in [4.78, 5) is 10.1. The third-order valence-corrected chi connectivity index (χ3v) is 2.39. The lowest BCUT2D eigenvalue weighted by Gasteiger charge is -2.15. The second-order valence-corrected chi connectivity index (χ2v) is 4.11. The molecule has 4 nitrogen and oxygen atoms in total. The van der Waals surface area contributed by atoms with Crippen molar-refractivity contribution >= 4 is 27.5 Å². The molecule has 1 rings (SSSR count). The predicted molar refractivity (Wildman–Crippen MR) is 64.2 cm³/mol. The summed E-state index contributed by atoms with van der Waals surface area (Å²) in [7, 11) is 0. The first-order valence-electron chi connectivity index (χ1n) is 4.33. The second-order valence-electron chi connectivity index (χ2n) is 3.25. The molecule has 0 N–H and O–H groups in total. The number of nitro benzene ring substituents is 1. The first-order chi connectivity index (χ1) is 7.00. The summed E-state index contributed by atoms with van der Waals surface area (Å²) in [5, 5.41) is 10.6. The molecule has 5 heteroatoms. The Bertz CT molecular complexity index is 393. The summed E-state index contributed by atoms with van der Waals surface area (Å²) in [6.07, 6.45) is 0. The van der Waals surface area contributed by atoms with E-state index in [-0.39, 0.29) is 5.69 Å². The number of hydrogen-bond acceptors (Lipinski definition) is 3. The number of non-ortho nitro benzene ring substituents is 1. The van der Waals surface area contributed by atoms with Crippen LogP contribution in [0, 0.1) is 10.1 Å². The molecule has 1 aromatic carbocycles. The Morgan fingerprint density at radius 3 is 2.87 bits per heavy atom. The molecule has 0 unspecified atom stereocenters. The smallest absolute Gasteiger partial charge is 0.271 e. The molecule has 0 aromatic heterocycles. The van der Waals surface area contributed by atoms with E-state index < -0.39 is 4.92 Å². The molecule has 0 aliphatic heterocycles. The Kier molecular flexibility index (Phi) is 3.85. The van der Waals surface area contributed by atoms with Crippen LogP contribution in [-0.4, -0.2) is 11.5 Å². The first kappa shape index (κ1) is 11.7. The molecular formula is C10H11BrN2O2. The van der Waals surface area contributed by atoms with Crippen LogP contribution < -0.4 is 3.93 Å². The summed E-state index contributed by atoms with van der Waals surface area (Å²) < 4.78 is 1.74. The SMILES string of the molecule is C=C(C)CN(Br)c1cccc([N+](=O)[O-])c1. The molecule has 0 atom stereocenters. The van der Waals surface area contributed by atoms with Crippen molar-refractivity contribution in [3.63, 3.8) is 0 Å². The van der Waals surface area contributed by atoms with E-state index in [9.17, 15) is 10.1 Å². The normalized spacial score (nSPS) is 9.73. The van der Waals surface area contributed by atoms with Gasteiger partial charge < -0.3 is 3.93 Å². The van der Waals surface area contributed by atoms with E-state index in [1.807, 2.05) is 6.92 Å². The van der Waals surface area contributed by atoms with Gasteiger partial charge in [0.1, 0.15) is 0 Å². The fourth-order valence-corrected chi connectivity index (χ4v) is 1.73. The number of halogens is 1. The third-order valence-electron chi connectivity index (χ3n) is 1.73. The molecule has 0 bridgehead atoms. The van der Waals surface area contributed by atoms with Crippen LogP contribution in [0.1, 0.15) is 6.92 Å². The molecule has 0 fully saturated rings. The van der Waals surface area contributed by atoms with Crippen molar-refractivity contribution in [2.45, 2.75) is 6.92 Å². The van der Waals surface area contributed by atoms with Gasteiger partial charge in [0.2, 0.25) is 0 Å². The third kappa shape index (κ3) is 3.36. The Balaban J connectivity index is 2.89. The maximum absolute atomic E-state index is 10.6. The van der Waals surface area contributed by atoms with E-state index in [2.05, 4.69) is 22.7 Å². The molecule has 0 spiro atoms. The van der Waals surface area contributed by atoms with Crippen LogP contribution in [-0.2, 0) is 0 Å². The van der Waals surface area contributed by atoms with E-state index in [0.717, 1.165) is 11.3 Å². The average Bonchev–Trinajstić information content (AvgIpc) is 2.17.